The van der Waals surface area contributed by atoms with Crippen molar-refractivity contribution >= 4 is 22.9 Å². The van der Waals surface area contributed by atoms with Crippen LogP contribution >= 0.6 is 0 Å². The second-order valence-corrected chi connectivity index (χ2v) is 5.81. The van der Waals surface area contributed by atoms with Crippen molar-refractivity contribution in [2.24, 2.45) is 20.0 Å². The van der Waals surface area contributed by atoms with Crippen LogP contribution in [0.3, 0.4) is 0 Å². The van der Waals surface area contributed by atoms with Crippen molar-refractivity contribution < 1.29 is 14.7 Å². The zero-order valence-corrected chi connectivity index (χ0v) is 13.7. The molecule has 0 unspecified atom stereocenters. The standard InChI is InChI=1S/C15H18N4O5/c1-7(2)10(14(22)23)17-12(20)9-6-5-8-11(16-9)18(3)15(24)19(4)13(8)21/h5-7,10H,1-4H3,(H,17,20)(H,22,23)/t10-/m0/s1. The van der Waals surface area contributed by atoms with E-state index in [9.17, 15) is 19.2 Å². The van der Waals surface area contributed by atoms with Gasteiger partial charge in [0.15, 0.2) is 0 Å². The van der Waals surface area contributed by atoms with Gasteiger partial charge in [-0.1, -0.05) is 13.8 Å². The van der Waals surface area contributed by atoms with Crippen LogP contribution in [0.2, 0.25) is 0 Å². The summed E-state index contributed by atoms with van der Waals surface area (Å²) in [4.78, 5) is 51.5. The van der Waals surface area contributed by atoms with E-state index in [4.69, 9.17) is 5.11 Å². The SMILES string of the molecule is CC(C)[C@H](NC(=O)c1ccc2c(=O)n(C)c(=O)n(C)c2n1)C(=O)O. The Morgan fingerprint density at radius 2 is 1.79 bits per heavy atom. The number of pyridine rings is 1. The molecule has 128 valence electrons. The molecule has 0 aliphatic rings. The first kappa shape index (κ1) is 17.4. The minimum Gasteiger partial charge on any atom is -0.480 e. The minimum atomic E-state index is -1.15. The highest BCUT2D eigenvalue weighted by Gasteiger charge is 2.24. The molecule has 2 heterocycles. The van der Waals surface area contributed by atoms with Gasteiger partial charge in [-0.25, -0.2) is 14.6 Å². The summed E-state index contributed by atoms with van der Waals surface area (Å²) in [6, 6.07) is 1.65. The predicted molar refractivity (Wildman–Crippen MR) is 86.0 cm³/mol. The Morgan fingerprint density at radius 3 is 2.33 bits per heavy atom. The third-order valence-electron chi connectivity index (χ3n) is 3.75. The number of carboxylic acids is 1. The molecule has 2 aromatic rings. The molecule has 0 fully saturated rings. The molecule has 24 heavy (non-hydrogen) atoms. The largest absolute Gasteiger partial charge is 0.480 e. The van der Waals surface area contributed by atoms with Gasteiger partial charge in [0.1, 0.15) is 17.4 Å². The van der Waals surface area contributed by atoms with E-state index in [1.54, 1.807) is 13.8 Å². The topological polar surface area (TPSA) is 123 Å². The smallest absolute Gasteiger partial charge is 0.332 e. The maximum absolute atomic E-state index is 12.2. The number of aromatic nitrogens is 3. The predicted octanol–water partition coefficient (Wildman–Crippen LogP) is -0.529. The van der Waals surface area contributed by atoms with Crippen LogP contribution in [0.25, 0.3) is 11.0 Å². The number of fused-ring (bicyclic) bond motifs is 1. The molecule has 1 atom stereocenters. The molecule has 2 rings (SSSR count). The van der Waals surface area contributed by atoms with Gasteiger partial charge < -0.3 is 10.4 Å². The fourth-order valence-corrected chi connectivity index (χ4v) is 2.31. The average Bonchev–Trinajstić information content (AvgIpc) is 2.54. The molecule has 0 bridgehead atoms. The van der Waals surface area contributed by atoms with Gasteiger partial charge in [0.05, 0.1) is 5.39 Å². The van der Waals surface area contributed by atoms with Gasteiger partial charge >= 0.3 is 11.7 Å². The molecule has 0 radical (unpaired) electrons. The van der Waals surface area contributed by atoms with Crippen molar-refractivity contribution in [1.29, 1.82) is 0 Å². The summed E-state index contributed by atoms with van der Waals surface area (Å²) in [6.07, 6.45) is 0. The van der Waals surface area contributed by atoms with Gasteiger partial charge in [0, 0.05) is 14.1 Å². The van der Waals surface area contributed by atoms with Gasteiger partial charge in [-0.05, 0) is 18.1 Å². The maximum Gasteiger partial charge on any atom is 0.332 e. The highest BCUT2D eigenvalue weighted by atomic mass is 16.4. The number of hydrogen-bond donors (Lipinski definition) is 2. The quantitative estimate of drug-likeness (QED) is 0.775. The van der Waals surface area contributed by atoms with E-state index in [1.165, 1.54) is 26.2 Å². The van der Waals surface area contributed by atoms with Crippen molar-refractivity contribution in [2.45, 2.75) is 19.9 Å². The molecular weight excluding hydrogens is 316 g/mol. The molecule has 0 spiro atoms. The van der Waals surface area contributed by atoms with E-state index in [2.05, 4.69) is 10.3 Å². The highest BCUT2D eigenvalue weighted by Crippen LogP contribution is 2.08. The zero-order valence-electron chi connectivity index (χ0n) is 13.7. The lowest BCUT2D eigenvalue weighted by molar-refractivity contribution is -0.140. The van der Waals surface area contributed by atoms with Crippen LogP contribution in [0.4, 0.5) is 0 Å². The van der Waals surface area contributed by atoms with Crippen molar-refractivity contribution in [3.63, 3.8) is 0 Å². The van der Waals surface area contributed by atoms with Crippen LogP contribution in [-0.2, 0) is 18.9 Å². The second kappa shape index (κ2) is 6.26. The van der Waals surface area contributed by atoms with Crippen LogP contribution in [-0.4, -0.2) is 37.1 Å². The molecule has 1 amide bonds. The molecule has 0 aliphatic carbocycles. The maximum atomic E-state index is 12.2. The highest BCUT2D eigenvalue weighted by molar-refractivity contribution is 5.96. The second-order valence-electron chi connectivity index (χ2n) is 5.81. The van der Waals surface area contributed by atoms with Crippen molar-refractivity contribution in [2.75, 3.05) is 0 Å². The fourth-order valence-electron chi connectivity index (χ4n) is 2.31. The monoisotopic (exact) mass is 334 g/mol. The normalized spacial score (nSPS) is 12.4. The van der Waals surface area contributed by atoms with Crippen molar-refractivity contribution in [3.05, 3.63) is 38.7 Å². The first-order chi connectivity index (χ1) is 11.1. The number of rotatable bonds is 4. The number of amides is 1. The number of hydrogen-bond acceptors (Lipinski definition) is 5. The summed E-state index contributed by atoms with van der Waals surface area (Å²) in [6.45, 7) is 3.33. The Kier molecular flexibility index (Phi) is 4.54. The van der Waals surface area contributed by atoms with Crippen molar-refractivity contribution in [1.82, 2.24) is 19.4 Å². The van der Waals surface area contributed by atoms with E-state index in [-0.39, 0.29) is 22.6 Å². The van der Waals surface area contributed by atoms with Gasteiger partial charge in [-0.15, -0.1) is 0 Å². The number of carbonyl (C=O) groups excluding carboxylic acids is 1. The third-order valence-corrected chi connectivity index (χ3v) is 3.75. The summed E-state index contributed by atoms with van der Waals surface area (Å²) in [7, 11) is 2.79. The minimum absolute atomic E-state index is 0.0622. The molecule has 0 saturated heterocycles. The van der Waals surface area contributed by atoms with E-state index < -0.39 is 29.2 Å². The van der Waals surface area contributed by atoms with Crippen LogP contribution in [0.5, 0.6) is 0 Å². The summed E-state index contributed by atoms with van der Waals surface area (Å²) >= 11 is 0. The Bertz CT molecular complexity index is 941. The number of nitrogens with zero attached hydrogens (tertiary/aromatic N) is 3. The van der Waals surface area contributed by atoms with Crippen LogP contribution in [0.15, 0.2) is 21.7 Å². The lowest BCUT2D eigenvalue weighted by Crippen LogP contribution is -2.44. The number of aliphatic carboxylic acids is 1. The van der Waals surface area contributed by atoms with Gasteiger partial charge in [0.25, 0.3) is 11.5 Å². The molecule has 2 N–H and O–H groups in total. The molecule has 0 aromatic carbocycles. The average molecular weight is 334 g/mol. The molecule has 9 nitrogen and oxygen atoms in total. The Labute approximate surface area is 136 Å². The molecule has 2 aromatic heterocycles. The van der Waals surface area contributed by atoms with Gasteiger partial charge in [0.2, 0.25) is 0 Å². The first-order valence-electron chi connectivity index (χ1n) is 7.25. The number of aryl methyl sites for hydroxylation is 1. The third kappa shape index (κ3) is 2.92. The number of carbonyl (C=O) groups is 2. The van der Waals surface area contributed by atoms with Gasteiger partial charge in [-0.3, -0.25) is 18.7 Å². The zero-order chi connectivity index (χ0) is 18.2. The summed E-state index contributed by atoms with van der Waals surface area (Å²) in [5, 5.41) is 11.7. The van der Waals surface area contributed by atoms with E-state index in [0.29, 0.717) is 0 Å². The van der Waals surface area contributed by atoms with E-state index in [1.807, 2.05) is 0 Å². The van der Waals surface area contributed by atoms with E-state index in [0.717, 1.165) is 9.13 Å². The summed E-state index contributed by atoms with van der Waals surface area (Å²) in [5.74, 6) is -2.16. The van der Waals surface area contributed by atoms with Crippen LogP contribution < -0.4 is 16.6 Å². The molecule has 9 heteroatoms. The van der Waals surface area contributed by atoms with E-state index >= 15 is 0 Å². The molecule has 0 aliphatic heterocycles. The van der Waals surface area contributed by atoms with Crippen LogP contribution in [0.1, 0.15) is 24.3 Å². The van der Waals surface area contributed by atoms with Crippen LogP contribution in [0, 0.1) is 5.92 Å². The Hall–Kier alpha value is -2.97. The Morgan fingerprint density at radius 1 is 1.17 bits per heavy atom. The first-order valence-corrected chi connectivity index (χ1v) is 7.25. The van der Waals surface area contributed by atoms with Crippen molar-refractivity contribution in [3.8, 4) is 0 Å². The molecule has 0 saturated carbocycles. The number of nitrogens with one attached hydrogen (secondary N) is 1. The van der Waals surface area contributed by atoms with Gasteiger partial charge in [-0.2, -0.15) is 0 Å². The Balaban J connectivity index is 2.52. The summed E-state index contributed by atoms with van der Waals surface area (Å²) in [5.41, 5.74) is -1.09. The number of carboxylic acid groups (broad SMARTS) is 1. The lowest BCUT2D eigenvalue weighted by atomic mass is 10.0. The lowest BCUT2D eigenvalue weighted by Gasteiger charge is -2.17. The molecular formula is C15H18N4O5. The fraction of sp³-hybridized carbons (Fsp3) is 0.400. The summed E-state index contributed by atoms with van der Waals surface area (Å²) < 4.78 is 2.10.